The van der Waals surface area contributed by atoms with Crippen LogP contribution in [0.25, 0.3) is 5.69 Å². The van der Waals surface area contributed by atoms with Crippen molar-refractivity contribution in [1.82, 2.24) is 9.55 Å². The molecule has 1 aliphatic heterocycles. The largest absolute Gasteiger partial charge is 0.497 e. The number of methoxy groups -OCH3 is 1. The van der Waals surface area contributed by atoms with Gasteiger partial charge in [0.15, 0.2) is 0 Å². The Morgan fingerprint density at radius 3 is 2.82 bits per heavy atom. The second kappa shape index (κ2) is 7.49. The predicted molar refractivity (Wildman–Crippen MR) is 106 cm³/mol. The molecule has 6 heteroatoms. The minimum absolute atomic E-state index is 0.0465. The molecule has 28 heavy (non-hydrogen) atoms. The molecule has 1 amide bonds. The number of amides is 1. The number of nitrogens with one attached hydrogen (secondary N) is 1. The lowest BCUT2D eigenvalue weighted by molar-refractivity contribution is -0.116. The number of fused-ring (bicyclic) bond motifs is 1. The van der Waals surface area contributed by atoms with Crippen LogP contribution >= 0.6 is 0 Å². The van der Waals surface area contributed by atoms with Crippen LogP contribution in [-0.2, 0) is 4.79 Å². The molecule has 1 N–H and O–H groups in total. The normalized spacial score (nSPS) is 15.3. The average Bonchev–Trinajstić information content (AvgIpc) is 3.16. The number of hydrogen-bond acceptors (Lipinski definition) is 4. The van der Waals surface area contributed by atoms with Crippen LogP contribution in [0.15, 0.2) is 54.9 Å². The van der Waals surface area contributed by atoms with Crippen LogP contribution in [0.3, 0.4) is 0 Å². The number of rotatable bonds is 5. The van der Waals surface area contributed by atoms with Crippen molar-refractivity contribution in [1.29, 1.82) is 0 Å². The maximum Gasteiger partial charge on any atom is 0.226 e. The highest BCUT2D eigenvalue weighted by Gasteiger charge is 2.31. The van der Waals surface area contributed by atoms with E-state index in [0.717, 1.165) is 22.7 Å². The minimum atomic E-state index is -0.128. The highest BCUT2D eigenvalue weighted by atomic mass is 16.5. The van der Waals surface area contributed by atoms with E-state index in [0.29, 0.717) is 18.0 Å². The Balaban J connectivity index is 1.69. The monoisotopic (exact) mass is 373 g/mol. The van der Waals surface area contributed by atoms with Gasteiger partial charge in [-0.3, -0.25) is 9.36 Å². The van der Waals surface area contributed by atoms with Gasteiger partial charge < -0.3 is 14.8 Å². The zero-order valence-corrected chi connectivity index (χ0v) is 15.4. The summed E-state index contributed by atoms with van der Waals surface area (Å²) in [6.07, 6.45) is 7.29. The molecule has 1 atom stereocenters. The van der Waals surface area contributed by atoms with Crippen LogP contribution in [0.2, 0.25) is 0 Å². The summed E-state index contributed by atoms with van der Waals surface area (Å²) in [4.78, 5) is 17.0. The fraction of sp³-hybridized carbons (Fsp3) is 0.182. The second-order valence-corrected chi connectivity index (χ2v) is 6.42. The molecule has 0 spiro atoms. The number of ether oxygens (including phenoxy) is 2. The predicted octanol–water partition coefficient (Wildman–Crippen LogP) is 3.37. The van der Waals surface area contributed by atoms with Gasteiger partial charge in [-0.1, -0.05) is 24.1 Å². The smallest absolute Gasteiger partial charge is 0.226 e. The molecule has 1 aromatic heterocycles. The first-order valence-electron chi connectivity index (χ1n) is 8.87. The number of carbonyl (C=O) groups is 1. The summed E-state index contributed by atoms with van der Waals surface area (Å²) >= 11 is 0. The number of benzene rings is 2. The summed E-state index contributed by atoms with van der Waals surface area (Å²) in [5.41, 5.74) is 2.70. The van der Waals surface area contributed by atoms with Crippen molar-refractivity contribution < 1.29 is 14.3 Å². The summed E-state index contributed by atoms with van der Waals surface area (Å²) in [7, 11) is 1.62. The van der Waals surface area contributed by atoms with Gasteiger partial charge in [0.2, 0.25) is 5.91 Å². The zero-order valence-electron chi connectivity index (χ0n) is 15.4. The molecule has 0 saturated heterocycles. The fourth-order valence-electron chi connectivity index (χ4n) is 3.36. The van der Waals surface area contributed by atoms with Crippen molar-refractivity contribution in [2.24, 2.45) is 0 Å². The van der Waals surface area contributed by atoms with Gasteiger partial charge in [0.05, 0.1) is 18.5 Å². The first-order chi connectivity index (χ1) is 13.7. The number of aromatic nitrogens is 2. The van der Waals surface area contributed by atoms with Crippen molar-refractivity contribution in [3.05, 3.63) is 66.1 Å². The van der Waals surface area contributed by atoms with E-state index < -0.39 is 0 Å². The summed E-state index contributed by atoms with van der Waals surface area (Å²) in [5.74, 6) is 4.39. The highest BCUT2D eigenvalue weighted by molar-refractivity contribution is 5.94. The lowest BCUT2D eigenvalue weighted by Gasteiger charge is -2.23. The fourth-order valence-corrected chi connectivity index (χ4v) is 3.36. The lowest BCUT2D eigenvalue weighted by Crippen LogP contribution is -2.24. The van der Waals surface area contributed by atoms with Crippen LogP contribution in [0.4, 0.5) is 5.82 Å². The van der Waals surface area contributed by atoms with E-state index in [9.17, 15) is 4.79 Å². The second-order valence-electron chi connectivity index (χ2n) is 6.42. The Bertz CT molecular complexity index is 1050. The number of hydrogen-bond donors (Lipinski definition) is 1. The number of imidazole rings is 1. The molecule has 0 fully saturated rings. The Kier molecular flexibility index (Phi) is 4.73. The molecule has 2 heterocycles. The molecule has 4 rings (SSSR count). The Morgan fingerprint density at radius 1 is 1.25 bits per heavy atom. The van der Waals surface area contributed by atoms with Crippen molar-refractivity contribution in [3.63, 3.8) is 0 Å². The van der Waals surface area contributed by atoms with Crippen LogP contribution in [-0.4, -0.2) is 29.2 Å². The third kappa shape index (κ3) is 3.30. The summed E-state index contributed by atoms with van der Waals surface area (Å²) in [6, 6.07) is 15.2. The standard InChI is InChI=1S/C22H19N3O3/c1-3-11-28-17-9-7-15(8-10-17)19-13-20(26)24-22-21(19)23-14-25(22)16-5-4-6-18(12-16)27-2/h1,4-10,12,14,19H,11,13H2,2H3,(H,24,26). The topological polar surface area (TPSA) is 65.4 Å². The lowest BCUT2D eigenvalue weighted by atomic mass is 9.90. The van der Waals surface area contributed by atoms with Crippen LogP contribution in [0.1, 0.15) is 23.6 Å². The molecule has 0 bridgehead atoms. The Hall–Kier alpha value is -3.72. The number of terminal acetylenes is 1. The molecule has 0 saturated carbocycles. The molecule has 2 aromatic carbocycles. The molecule has 140 valence electrons. The van der Waals surface area contributed by atoms with E-state index in [1.54, 1.807) is 13.4 Å². The van der Waals surface area contributed by atoms with Crippen LogP contribution in [0.5, 0.6) is 11.5 Å². The molecule has 6 nitrogen and oxygen atoms in total. The molecule has 1 unspecified atom stereocenters. The molecular formula is C22H19N3O3. The van der Waals surface area contributed by atoms with Gasteiger partial charge in [-0.15, -0.1) is 6.42 Å². The molecular weight excluding hydrogens is 354 g/mol. The summed E-state index contributed by atoms with van der Waals surface area (Å²) in [6.45, 7) is 0.222. The van der Waals surface area contributed by atoms with Crippen molar-refractivity contribution >= 4 is 11.7 Å². The number of anilines is 1. The maximum atomic E-state index is 12.4. The van der Waals surface area contributed by atoms with Gasteiger partial charge in [0.1, 0.15) is 30.3 Å². The van der Waals surface area contributed by atoms with Gasteiger partial charge in [-0.2, -0.15) is 0 Å². The Labute approximate surface area is 163 Å². The van der Waals surface area contributed by atoms with E-state index in [-0.39, 0.29) is 18.4 Å². The highest BCUT2D eigenvalue weighted by Crippen LogP contribution is 2.38. The molecule has 0 radical (unpaired) electrons. The first kappa shape index (κ1) is 17.7. The average molecular weight is 373 g/mol. The summed E-state index contributed by atoms with van der Waals surface area (Å²) in [5, 5.41) is 2.96. The quantitative estimate of drug-likeness (QED) is 0.697. The first-order valence-corrected chi connectivity index (χ1v) is 8.87. The SMILES string of the molecule is C#CCOc1ccc(C2CC(=O)Nc3c2ncn3-c2cccc(OC)c2)cc1. The Morgan fingerprint density at radius 2 is 2.07 bits per heavy atom. The van der Waals surface area contributed by atoms with Crippen LogP contribution in [0, 0.1) is 12.3 Å². The van der Waals surface area contributed by atoms with E-state index in [2.05, 4.69) is 16.2 Å². The van der Waals surface area contributed by atoms with E-state index in [4.69, 9.17) is 15.9 Å². The molecule has 3 aromatic rings. The van der Waals surface area contributed by atoms with E-state index in [1.165, 1.54) is 0 Å². The zero-order chi connectivity index (χ0) is 19.5. The van der Waals surface area contributed by atoms with Gasteiger partial charge in [0.25, 0.3) is 0 Å². The van der Waals surface area contributed by atoms with E-state index in [1.807, 2.05) is 53.1 Å². The van der Waals surface area contributed by atoms with Gasteiger partial charge in [-0.05, 0) is 29.8 Å². The van der Waals surface area contributed by atoms with Crippen molar-refractivity contribution in [2.75, 3.05) is 19.0 Å². The van der Waals surface area contributed by atoms with Gasteiger partial charge in [-0.25, -0.2) is 4.98 Å². The third-order valence-corrected chi connectivity index (χ3v) is 4.71. The molecule has 1 aliphatic rings. The van der Waals surface area contributed by atoms with Crippen molar-refractivity contribution in [2.45, 2.75) is 12.3 Å². The maximum absolute atomic E-state index is 12.4. The van der Waals surface area contributed by atoms with E-state index >= 15 is 0 Å². The summed E-state index contributed by atoms with van der Waals surface area (Å²) < 4.78 is 12.6. The minimum Gasteiger partial charge on any atom is -0.497 e. The van der Waals surface area contributed by atoms with Gasteiger partial charge >= 0.3 is 0 Å². The number of nitrogens with zero attached hydrogens (tertiary/aromatic N) is 2. The number of carbonyl (C=O) groups excluding carboxylic acids is 1. The van der Waals surface area contributed by atoms with Crippen LogP contribution < -0.4 is 14.8 Å². The molecule has 0 aliphatic carbocycles. The van der Waals surface area contributed by atoms with Crippen molar-refractivity contribution in [3.8, 4) is 29.5 Å². The third-order valence-electron chi connectivity index (χ3n) is 4.71. The van der Waals surface area contributed by atoms with Gasteiger partial charge in [0, 0.05) is 18.4 Å².